The topological polar surface area (TPSA) is 77.6 Å². The molecule has 0 bridgehead atoms. The Morgan fingerprint density at radius 2 is 2.10 bits per heavy atom. The van der Waals surface area contributed by atoms with Crippen LogP contribution in [0.5, 0.6) is 5.75 Å². The van der Waals surface area contributed by atoms with Crippen LogP contribution >= 0.6 is 11.3 Å². The summed E-state index contributed by atoms with van der Waals surface area (Å²) in [5.74, 6) is 1.17. The fourth-order valence-electron chi connectivity index (χ4n) is 3.56. The van der Waals surface area contributed by atoms with Crippen molar-refractivity contribution in [1.82, 2.24) is 19.5 Å². The van der Waals surface area contributed by atoms with E-state index in [-0.39, 0.29) is 11.5 Å². The molecule has 0 fully saturated rings. The van der Waals surface area contributed by atoms with Crippen LogP contribution in [-0.4, -0.2) is 27.2 Å². The minimum Gasteiger partial charge on any atom is -0.497 e. The van der Waals surface area contributed by atoms with E-state index in [1.54, 1.807) is 18.4 Å². The monoisotopic (exact) mass is 410 g/mol. The molecular weight excluding hydrogens is 388 g/mol. The molecule has 0 saturated carbocycles. The van der Waals surface area contributed by atoms with E-state index in [2.05, 4.69) is 10.4 Å². The van der Waals surface area contributed by atoms with E-state index in [9.17, 15) is 9.59 Å². The van der Waals surface area contributed by atoms with Crippen LogP contribution in [0.25, 0.3) is 15.7 Å². The molecule has 1 amide bonds. The van der Waals surface area contributed by atoms with Gasteiger partial charge in [0.15, 0.2) is 0 Å². The van der Waals surface area contributed by atoms with Crippen molar-refractivity contribution in [3.05, 3.63) is 63.5 Å². The van der Waals surface area contributed by atoms with E-state index in [0.29, 0.717) is 24.3 Å². The number of rotatable bonds is 6. The number of amides is 1. The predicted octanol–water partition coefficient (Wildman–Crippen LogP) is 3.30. The molecule has 0 spiro atoms. The lowest BCUT2D eigenvalue weighted by atomic mass is 10.2. The van der Waals surface area contributed by atoms with E-state index in [4.69, 9.17) is 4.74 Å². The van der Waals surface area contributed by atoms with Gasteiger partial charge in [-0.05, 0) is 48.6 Å². The van der Waals surface area contributed by atoms with Crippen LogP contribution < -0.4 is 15.6 Å². The Morgan fingerprint density at radius 3 is 2.86 bits per heavy atom. The largest absolute Gasteiger partial charge is 0.497 e. The van der Waals surface area contributed by atoms with Gasteiger partial charge in [-0.3, -0.25) is 14.0 Å². The molecule has 4 rings (SSSR count). The Morgan fingerprint density at radius 1 is 1.28 bits per heavy atom. The number of carbonyl (C=O) groups is 1. The summed E-state index contributed by atoms with van der Waals surface area (Å²) in [6, 6.07) is 10.7. The second-order valence-corrected chi connectivity index (χ2v) is 7.77. The summed E-state index contributed by atoms with van der Waals surface area (Å²) in [4.78, 5) is 26.0. The molecule has 1 aromatic carbocycles. The standard InChI is InChI=1S/C21H22N4O3S/c1-4-16(20(26)22-12-14-6-5-7-15(10-14)28-3)25-21(27)18-11-19-17(8-9-29-19)24(18)13(2)23-25/h5-11,16H,4,12H2,1-3H3,(H,22,26)/t16-/m1/s1. The summed E-state index contributed by atoms with van der Waals surface area (Å²) in [5.41, 5.74) is 2.17. The lowest BCUT2D eigenvalue weighted by Gasteiger charge is -2.18. The maximum atomic E-state index is 13.1. The van der Waals surface area contributed by atoms with Crippen LogP contribution in [-0.2, 0) is 11.3 Å². The molecule has 1 N–H and O–H groups in total. The van der Waals surface area contributed by atoms with Crippen molar-refractivity contribution >= 4 is 33.0 Å². The van der Waals surface area contributed by atoms with Crippen molar-refractivity contribution < 1.29 is 9.53 Å². The molecule has 0 unspecified atom stereocenters. The van der Waals surface area contributed by atoms with Crippen LogP contribution in [0.2, 0.25) is 0 Å². The fraction of sp³-hybridized carbons (Fsp3) is 0.286. The molecule has 0 saturated heterocycles. The van der Waals surface area contributed by atoms with E-state index in [1.807, 2.05) is 60.0 Å². The van der Waals surface area contributed by atoms with Gasteiger partial charge in [0.2, 0.25) is 5.91 Å². The van der Waals surface area contributed by atoms with Crippen LogP contribution in [0.3, 0.4) is 0 Å². The molecular formula is C21H22N4O3S. The molecule has 7 nitrogen and oxygen atoms in total. The number of aromatic nitrogens is 3. The number of ether oxygens (including phenoxy) is 1. The normalized spacial score (nSPS) is 12.4. The molecule has 3 aromatic heterocycles. The third-order valence-electron chi connectivity index (χ3n) is 5.01. The highest BCUT2D eigenvalue weighted by molar-refractivity contribution is 7.17. The van der Waals surface area contributed by atoms with Gasteiger partial charge in [-0.1, -0.05) is 19.1 Å². The number of hydrogen-bond acceptors (Lipinski definition) is 5. The Balaban J connectivity index is 1.64. The fourth-order valence-corrected chi connectivity index (χ4v) is 4.37. The Labute approximate surface area is 171 Å². The van der Waals surface area contributed by atoms with Crippen LogP contribution in [0.4, 0.5) is 0 Å². The number of nitrogens with one attached hydrogen (secondary N) is 1. The zero-order valence-electron chi connectivity index (χ0n) is 16.5. The number of nitrogens with zero attached hydrogens (tertiary/aromatic N) is 3. The lowest BCUT2D eigenvalue weighted by Crippen LogP contribution is -2.39. The molecule has 0 radical (unpaired) electrons. The first-order valence-electron chi connectivity index (χ1n) is 9.42. The third kappa shape index (κ3) is 3.40. The number of methoxy groups -OCH3 is 1. The first-order chi connectivity index (χ1) is 14.0. The number of carbonyl (C=O) groups excluding carboxylic acids is 1. The summed E-state index contributed by atoms with van der Waals surface area (Å²) in [6.45, 7) is 4.07. The zero-order valence-corrected chi connectivity index (χ0v) is 17.3. The number of aryl methyl sites for hydroxylation is 1. The first-order valence-corrected chi connectivity index (χ1v) is 10.3. The van der Waals surface area contributed by atoms with Crippen molar-refractivity contribution in [2.45, 2.75) is 32.9 Å². The summed E-state index contributed by atoms with van der Waals surface area (Å²) in [7, 11) is 1.60. The highest BCUT2D eigenvalue weighted by Gasteiger charge is 2.23. The van der Waals surface area contributed by atoms with Crippen molar-refractivity contribution in [3.63, 3.8) is 0 Å². The second-order valence-electron chi connectivity index (χ2n) is 6.83. The van der Waals surface area contributed by atoms with Gasteiger partial charge in [0.25, 0.3) is 5.56 Å². The van der Waals surface area contributed by atoms with Gasteiger partial charge >= 0.3 is 0 Å². The van der Waals surface area contributed by atoms with Gasteiger partial charge in [-0.15, -0.1) is 11.3 Å². The Hall–Kier alpha value is -3.13. The number of fused-ring (bicyclic) bond motifs is 3. The zero-order chi connectivity index (χ0) is 20.5. The second kappa shape index (κ2) is 7.71. The van der Waals surface area contributed by atoms with E-state index >= 15 is 0 Å². The summed E-state index contributed by atoms with van der Waals surface area (Å²) in [5, 5.41) is 9.37. The molecule has 8 heteroatoms. The van der Waals surface area contributed by atoms with Gasteiger partial charge in [0, 0.05) is 6.54 Å². The van der Waals surface area contributed by atoms with Crippen molar-refractivity contribution in [2.75, 3.05) is 7.11 Å². The molecule has 1 atom stereocenters. The molecule has 0 aliphatic carbocycles. The Bertz CT molecular complexity index is 1250. The minimum absolute atomic E-state index is 0.234. The van der Waals surface area contributed by atoms with Crippen LogP contribution in [0, 0.1) is 6.92 Å². The average molecular weight is 410 g/mol. The van der Waals surface area contributed by atoms with Crippen molar-refractivity contribution in [3.8, 4) is 5.75 Å². The average Bonchev–Trinajstić information content (AvgIpc) is 3.32. The van der Waals surface area contributed by atoms with Gasteiger partial charge < -0.3 is 10.1 Å². The summed E-state index contributed by atoms with van der Waals surface area (Å²) >= 11 is 1.58. The molecule has 0 aliphatic heterocycles. The van der Waals surface area contributed by atoms with Gasteiger partial charge in [0.05, 0.1) is 17.3 Å². The van der Waals surface area contributed by atoms with E-state index in [1.165, 1.54) is 4.68 Å². The third-order valence-corrected chi connectivity index (χ3v) is 5.86. The predicted molar refractivity (Wildman–Crippen MR) is 114 cm³/mol. The molecule has 4 aromatic rings. The molecule has 3 heterocycles. The van der Waals surface area contributed by atoms with Gasteiger partial charge in [-0.25, -0.2) is 4.68 Å². The van der Waals surface area contributed by atoms with Crippen molar-refractivity contribution in [1.29, 1.82) is 0 Å². The SMILES string of the molecule is CC[C@H](C(=O)NCc1cccc(OC)c1)n1nc(C)n2c(cc3sccc32)c1=O. The number of hydrogen-bond donors (Lipinski definition) is 1. The Kier molecular flexibility index (Phi) is 5.10. The molecule has 0 aliphatic rings. The first kappa shape index (κ1) is 19.2. The summed E-state index contributed by atoms with van der Waals surface area (Å²) in [6.07, 6.45) is 0.460. The lowest BCUT2D eigenvalue weighted by molar-refractivity contribution is -0.125. The van der Waals surface area contributed by atoms with Gasteiger partial charge in [0.1, 0.15) is 23.1 Å². The quantitative estimate of drug-likeness (QED) is 0.529. The van der Waals surface area contributed by atoms with Gasteiger partial charge in [-0.2, -0.15) is 5.10 Å². The van der Waals surface area contributed by atoms with E-state index in [0.717, 1.165) is 21.5 Å². The van der Waals surface area contributed by atoms with Crippen LogP contribution in [0.15, 0.2) is 46.6 Å². The number of thiophene rings is 1. The highest BCUT2D eigenvalue weighted by atomic mass is 32.1. The minimum atomic E-state index is -0.676. The maximum Gasteiger partial charge on any atom is 0.291 e. The highest BCUT2D eigenvalue weighted by Crippen LogP contribution is 2.25. The summed E-state index contributed by atoms with van der Waals surface area (Å²) < 4.78 is 9.41. The molecule has 29 heavy (non-hydrogen) atoms. The number of benzene rings is 1. The molecule has 150 valence electrons. The van der Waals surface area contributed by atoms with E-state index < -0.39 is 6.04 Å². The van der Waals surface area contributed by atoms with Crippen molar-refractivity contribution in [2.24, 2.45) is 0 Å². The van der Waals surface area contributed by atoms with Crippen LogP contribution in [0.1, 0.15) is 30.8 Å². The maximum absolute atomic E-state index is 13.1. The smallest absolute Gasteiger partial charge is 0.291 e.